The lowest BCUT2D eigenvalue weighted by atomic mass is 9.81. The van der Waals surface area contributed by atoms with Gasteiger partial charge in [-0.3, -0.25) is 24.2 Å². The maximum atomic E-state index is 12.8. The van der Waals surface area contributed by atoms with E-state index in [-0.39, 0.29) is 36.1 Å². The molecule has 5 rings (SSSR count). The van der Waals surface area contributed by atoms with Crippen molar-refractivity contribution >= 4 is 17.7 Å². The third-order valence-corrected chi connectivity index (χ3v) is 7.59. The fourth-order valence-corrected chi connectivity index (χ4v) is 5.47. The summed E-state index contributed by atoms with van der Waals surface area (Å²) in [6.07, 6.45) is 5.13. The van der Waals surface area contributed by atoms with Crippen molar-refractivity contribution in [3.63, 3.8) is 0 Å². The predicted octanol–water partition coefficient (Wildman–Crippen LogP) is 2.30. The summed E-state index contributed by atoms with van der Waals surface area (Å²) >= 11 is 0. The minimum absolute atomic E-state index is 0.106. The number of amides is 3. The molecule has 1 saturated carbocycles. The van der Waals surface area contributed by atoms with Crippen molar-refractivity contribution in [2.45, 2.75) is 45.4 Å². The van der Waals surface area contributed by atoms with Gasteiger partial charge >= 0.3 is 0 Å². The van der Waals surface area contributed by atoms with Gasteiger partial charge in [0, 0.05) is 38.2 Å². The highest BCUT2D eigenvalue weighted by atomic mass is 16.5. The fourth-order valence-electron chi connectivity index (χ4n) is 5.47. The maximum Gasteiger partial charge on any atom is 0.242 e. The summed E-state index contributed by atoms with van der Waals surface area (Å²) in [5, 5.41) is 4.09. The number of nitrogens with zero attached hydrogens (tertiary/aromatic N) is 5. The normalized spacial score (nSPS) is 23.1. The van der Waals surface area contributed by atoms with Gasteiger partial charge in [-0.05, 0) is 32.7 Å². The lowest BCUT2D eigenvalue weighted by Gasteiger charge is -2.35. The lowest BCUT2D eigenvalue weighted by Crippen LogP contribution is -2.52. The first-order valence-corrected chi connectivity index (χ1v) is 12.7. The average Bonchev–Trinajstić information content (AvgIpc) is 3.44. The molecule has 2 atom stereocenters. The molecule has 0 bridgehead atoms. The van der Waals surface area contributed by atoms with Gasteiger partial charge in [-0.25, -0.2) is 0 Å². The highest BCUT2D eigenvalue weighted by Gasteiger charge is 2.48. The molecule has 35 heavy (non-hydrogen) atoms. The molecule has 1 aromatic carbocycles. The fraction of sp³-hybridized carbons (Fsp3) is 0.577. The van der Waals surface area contributed by atoms with Crippen LogP contribution in [0.15, 0.2) is 28.8 Å². The summed E-state index contributed by atoms with van der Waals surface area (Å²) in [4.78, 5) is 48.0. The molecule has 3 aliphatic rings. The summed E-state index contributed by atoms with van der Waals surface area (Å²) in [5.74, 6) is 0.438. The zero-order valence-electron chi connectivity index (χ0n) is 20.3. The minimum atomic E-state index is -0.201. The Labute approximate surface area is 205 Å². The van der Waals surface area contributed by atoms with E-state index in [0.717, 1.165) is 57.3 Å². The van der Waals surface area contributed by atoms with Crippen molar-refractivity contribution in [3.05, 3.63) is 35.7 Å². The Balaban J connectivity index is 1.04. The van der Waals surface area contributed by atoms with Gasteiger partial charge in [-0.15, -0.1) is 0 Å². The number of aromatic nitrogens is 2. The smallest absolute Gasteiger partial charge is 0.242 e. The lowest BCUT2D eigenvalue weighted by molar-refractivity contribution is -0.147. The van der Waals surface area contributed by atoms with Gasteiger partial charge in [0.05, 0.1) is 11.8 Å². The van der Waals surface area contributed by atoms with E-state index < -0.39 is 0 Å². The Kier molecular flexibility index (Phi) is 6.95. The molecule has 0 N–H and O–H groups in total. The van der Waals surface area contributed by atoms with E-state index in [0.29, 0.717) is 31.2 Å². The Hall–Kier alpha value is -3.07. The monoisotopic (exact) mass is 479 g/mol. The van der Waals surface area contributed by atoms with Crippen molar-refractivity contribution in [1.29, 1.82) is 0 Å². The largest absolute Gasteiger partial charge is 0.339 e. The number of hydrogen-bond donors (Lipinski definition) is 0. The van der Waals surface area contributed by atoms with E-state index in [1.54, 1.807) is 4.90 Å². The van der Waals surface area contributed by atoms with Gasteiger partial charge in [0.2, 0.25) is 29.4 Å². The third kappa shape index (κ3) is 5.15. The van der Waals surface area contributed by atoms with Gasteiger partial charge in [0.25, 0.3) is 0 Å². The Morgan fingerprint density at radius 2 is 1.66 bits per heavy atom. The number of carbonyl (C=O) groups excluding carboxylic acids is 3. The highest BCUT2D eigenvalue weighted by molar-refractivity contribution is 6.07. The summed E-state index contributed by atoms with van der Waals surface area (Å²) in [7, 11) is 0. The quantitative estimate of drug-likeness (QED) is 0.562. The van der Waals surface area contributed by atoms with Crippen molar-refractivity contribution in [3.8, 4) is 11.4 Å². The number of carbonyl (C=O) groups is 3. The molecule has 9 heteroatoms. The van der Waals surface area contributed by atoms with Crippen molar-refractivity contribution in [2.24, 2.45) is 11.8 Å². The number of fused-ring (bicyclic) bond motifs is 1. The van der Waals surface area contributed by atoms with Crippen LogP contribution in [0.3, 0.4) is 0 Å². The predicted molar refractivity (Wildman–Crippen MR) is 128 cm³/mol. The molecule has 2 unspecified atom stereocenters. The molecular weight excluding hydrogens is 446 g/mol. The molecule has 0 radical (unpaired) electrons. The average molecular weight is 480 g/mol. The molecule has 3 heterocycles. The number of imide groups is 1. The van der Waals surface area contributed by atoms with Crippen LogP contribution in [0, 0.1) is 18.8 Å². The Morgan fingerprint density at radius 3 is 2.31 bits per heavy atom. The molecule has 186 valence electrons. The van der Waals surface area contributed by atoms with E-state index in [4.69, 9.17) is 4.52 Å². The van der Waals surface area contributed by atoms with Crippen LogP contribution in [0.4, 0.5) is 0 Å². The van der Waals surface area contributed by atoms with Crippen LogP contribution in [0.1, 0.15) is 43.6 Å². The molecule has 0 spiro atoms. The summed E-state index contributed by atoms with van der Waals surface area (Å²) in [6, 6.07) is 8.05. The van der Waals surface area contributed by atoms with Crippen LogP contribution in [0.25, 0.3) is 11.4 Å². The second-order valence-corrected chi connectivity index (χ2v) is 9.96. The maximum absolute atomic E-state index is 12.8. The van der Waals surface area contributed by atoms with Gasteiger partial charge in [0.15, 0.2) is 0 Å². The molecule has 1 aromatic heterocycles. The van der Waals surface area contributed by atoms with E-state index in [1.165, 1.54) is 10.5 Å². The number of piperazine rings is 1. The summed E-state index contributed by atoms with van der Waals surface area (Å²) in [6.45, 7) is 5.60. The van der Waals surface area contributed by atoms with Crippen molar-refractivity contribution in [2.75, 3.05) is 39.3 Å². The highest BCUT2D eigenvalue weighted by Crippen LogP contribution is 2.37. The molecule has 2 aliphatic heterocycles. The van der Waals surface area contributed by atoms with Crippen LogP contribution < -0.4 is 0 Å². The van der Waals surface area contributed by atoms with E-state index in [1.807, 2.05) is 31.2 Å². The standard InChI is InChI=1S/C26H33N5O4/c1-18-8-10-19(11-9-18)24-27-22(35-28-24)7-4-12-29-13-15-30(16-14-29)23(32)17-31-25(33)20-5-2-3-6-21(20)26(31)34/h8-11,20-21H,2-7,12-17H2,1H3. The van der Waals surface area contributed by atoms with Gasteiger partial charge in [0.1, 0.15) is 6.54 Å². The second-order valence-electron chi connectivity index (χ2n) is 9.96. The summed E-state index contributed by atoms with van der Waals surface area (Å²) < 4.78 is 5.41. The third-order valence-electron chi connectivity index (χ3n) is 7.59. The molecule has 9 nitrogen and oxygen atoms in total. The van der Waals surface area contributed by atoms with E-state index in [2.05, 4.69) is 15.0 Å². The number of likely N-dealkylation sites (tertiary alicyclic amines) is 1. The first-order valence-electron chi connectivity index (χ1n) is 12.7. The van der Waals surface area contributed by atoms with Gasteiger partial charge < -0.3 is 9.42 Å². The van der Waals surface area contributed by atoms with Crippen LogP contribution in [-0.2, 0) is 20.8 Å². The summed E-state index contributed by atoms with van der Waals surface area (Å²) in [5.41, 5.74) is 2.14. The van der Waals surface area contributed by atoms with Crippen molar-refractivity contribution in [1.82, 2.24) is 24.8 Å². The molecule has 3 amide bonds. The number of hydrogen-bond acceptors (Lipinski definition) is 7. The number of benzene rings is 1. The minimum Gasteiger partial charge on any atom is -0.339 e. The first-order chi connectivity index (χ1) is 17.0. The van der Waals surface area contributed by atoms with Crippen LogP contribution >= 0.6 is 0 Å². The molecule has 2 saturated heterocycles. The Bertz CT molecular complexity index is 1050. The topological polar surface area (TPSA) is 99.9 Å². The SMILES string of the molecule is Cc1ccc(-c2noc(CCCN3CCN(C(=O)CN4C(=O)C5CCCCC5C4=O)CC3)n2)cc1. The molecule has 3 fully saturated rings. The van der Waals surface area contributed by atoms with Gasteiger partial charge in [-0.2, -0.15) is 4.98 Å². The van der Waals surface area contributed by atoms with Crippen molar-refractivity contribution < 1.29 is 18.9 Å². The Morgan fingerprint density at radius 1 is 1.00 bits per heavy atom. The van der Waals surface area contributed by atoms with Gasteiger partial charge in [-0.1, -0.05) is 47.8 Å². The molecule has 2 aromatic rings. The van der Waals surface area contributed by atoms with E-state index in [9.17, 15) is 14.4 Å². The van der Waals surface area contributed by atoms with E-state index >= 15 is 0 Å². The van der Waals surface area contributed by atoms with Crippen LogP contribution in [0.5, 0.6) is 0 Å². The number of aryl methyl sites for hydroxylation is 2. The van der Waals surface area contributed by atoms with Crippen LogP contribution in [0.2, 0.25) is 0 Å². The molecular formula is C26H33N5O4. The number of rotatable bonds is 7. The van der Waals surface area contributed by atoms with Crippen LogP contribution in [-0.4, -0.2) is 81.8 Å². The second kappa shape index (κ2) is 10.3. The zero-order valence-corrected chi connectivity index (χ0v) is 20.3. The first kappa shape index (κ1) is 23.7. The zero-order chi connectivity index (χ0) is 24.4. The molecule has 1 aliphatic carbocycles.